The van der Waals surface area contributed by atoms with E-state index in [4.69, 9.17) is 10.2 Å². The van der Waals surface area contributed by atoms with Gasteiger partial charge in [0.1, 0.15) is 5.58 Å². The zero-order chi connectivity index (χ0) is 10.1. The van der Waals surface area contributed by atoms with Gasteiger partial charge in [0.15, 0.2) is 0 Å². The zero-order valence-electron chi connectivity index (χ0n) is 8.58. The van der Waals surface area contributed by atoms with E-state index in [2.05, 4.69) is 19.9 Å². The van der Waals surface area contributed by atoms with E-state index in [-0.39, 0.29) is 0 Å². The number of rotatable bonds is 2. The molecule has 2 rings (SSSR count). The molecule has 0 radical (unpaired) electrons. The van der Waals surface area contributed by atoms with Crippen molar-refractivity contribution < 1.29 is 4.42 Å². The van der Waals surface area contributed by atoms with E-state index in [1.165, 1.54) is 16.5 Å². The molecule has 0 fully saturated rings. The summed E-state index contributed by atoms with van der Waals surface area (Å²) in [5, 5.41) is 1.23. The Kier molecular flexibility index (Phi) is 2.30. The molecule has 0 bridgehead atoms. The highest BCUT2D eigenvalue weighted by Gasteiger charge is 2.12. The predicted molar refractivity (Wildman–Crippen MR) is 58.4 cm³/mol. The van der Waals surface area contributed by atoms with Gasteiger partial charge in [0, 0.05) is 10.9 Å². The van der Waals surface area contributed by atoms with Gasteiger partial charge in [0.2, 0.25) is 0 Å². The maximum Gasteiger partial charge on any atom is 0.134 e. The Morgan fingerprint density at radius 1 is 1.43 bits per heavy atom. The fraction of sp³-hybridized carbons (Fsp3) is 0.333. The third-order valence-electron chi connectivity index (χ3n) is 2.72. The van der Waals surface area contributed by atoms with Crippen molar-refractivity contribution in [2.45, 2.75) is 19.8 Å². The monoisotopic (exact) mass is 189 g/mol. The number of furan rings is 1. The van der Waals surface area contributed by atoms with Crippen LogP contribution in [-0.4, -0.2) is 6.54 Å². The molecule has 0 saturated heterocycles. The first-order chi connectivity index (χ1) is 6.74. The molecule has 2 N–H and O–H groups in total. The topological polar surface area (TPSA) is 39.2 Å². The molecular weight excluding hydrogens is 174 g/mol. The minimum Gasteiger partial charge on any atom is -0.464 e. The molecule has 1 aromatic heterocycles. The maximum atomic E-state index is 5.66. The van der Waals surface area contributed by atoms with Crippen LogP contribution < -0.4 is 5.73 Å². The van der Waals surface area contributed by atoms with Crippen LogP contribution in [0, 0.1) is 6.92 Å². The standard InChI is InChI=1S/C12H15NO/c1-8-4-3-5-11-12(8)10(7-14-11)9(2)6-13/h3-5,7,9H,6,13H2,1-2H3. The van der Waals surface area contributed by atoms with Crippen molar-refractivity contribution in [2.24, 2.45) is 5.73 Å². The zero-order valence-corrected chi connectivity index (χ0v) is 8.58. The Morgan fingerprint density at radius 3 is 2.93 bits per heavy atom. The molecule has 0 aliphatic rings. The van der Waals surface area contributed by atoms with Gasteiger partial charge in [-0.3, -0.25) is 0 Å². The summed E-state index contributed by atoms with van der Waals surface area (Å²) in [6.07, 6.45) is 1.83. The second-order valence-corrected chi connectivity index (χ2v) is 3.78. The van der Waals surface area contributed by atoms with E-state index in [9.17, 15) is 0 Å². The molecule has 2 heteroatoms. The molecule has 1 heterocycles. The van der Waals surface area contributed by atoms with Crippen molar-refractivity contribution in [2.75, 3.05) is 6.54 Å². The Hall–Kier alpha value is -1.28. The van der Waals surface area contributed by atoms with Crippen LogP contribution in [-0.2, 0) is 0 Å². The van der Waals surface area contributed by atoms with Gasteiger partial charge in [-0.15, -0.1) is 0 Å². The number of hydrogen-bond donors (Lipinski definition) is 1. The quantitative estimate of drug-likeness (QED) is 0.789. The van der Waals surface area contributed by atoms with Gasteiger partial charge in [-0.05, 0) is 31.0 Å². The summed E-state index contributed by atoms with van der Waals surface area (Å²) in [7, 11) is 0. The van der Waals surface area contributed by atoms with Gasteiger partial charge in [-0.2, -0.15) is 0 Å². The lowest BCUT2D eigenvalue weighted by molar-refractivity contribution is 0.603. The Morgan fingerprint density at radius 2 is 2.21 bits per heavy atom. The minimum atomic E-state index is 0.359. The van der Waals surface area contributed by atoms with Crippen molar-refractivity contribution in [3.8, 4) is 0 Å². The first-order valence-electron chi connectivity index (χ1n) is 4.91. The molecule has 74 valence electrons. The first kappa shape index (κ1) is 9.28. The third kappa shape index (κ3) is 1.32. The molecule has 0 aliphatic carbocycles. The Bertz CT molecular complexity index is 445. The highest BCUT2D eigenvalue weighted by molar-refractivity contribution is 5.84. The van der Waals surface area contributed by atoms with Crippen LogP contribution in [0.1, 0.15) is 24.0 Å². The molecule has 0 spiro atoms. The second-order valence-electron chi connectivity index (χ2n) is 3.78. The van der Waals surface area contributed by atoms with Crippen molar-refractivity contribution in [1.29, 1.82) is 0 Å². The number of hydrogen-bond acceptors (Lipinski definition) is 2. The summed E-state index contributed by atoms with van der Waals surface area (Å²) < 4.78 is 5.50. The Balaban J connectivity index is 2.67. The van der Waals surface area contributed by atoms with Gasteiger partial charge in [-0.1, -0.05) is 19.1 Å². The molecule has 0 saturated carbocycles. The van der Waals surface area contributed by atoms with E-state index in [1.54, 1.807) is 0 Å². The summed E-state index contributed by atoms with van der Waals surface area (Å²) in [4.78, 5) is 0. The predicted octanol–water partition coefficient (Wildman–Crippen LogP) is 2.80. The van der Waals surface area contributed by atoms with Crippen molar-refractivity contribution in [1.82, 2.24) is 0 Å². The van der Waals surface area contributed by atoms with Gasteiger partial charge in [0.05, 0.1) is 6.26 Å². The van der Waals surface area contributed by atoms with E-state index in [1.807, 2.05) is 18.4 Å². The van der Waals surface area contributed by atoms with E-state index in [0.29, 0.717) is 12.5 Å². The van der Waals surface area contributed by atoms with E-state index >= 15 is 0 Å². The lowest BCUT2D eigenvalue weighted by Crippen LogP contribution is -2.08. The molecule has 14 heavy (non-hydrogen) atoms. The molecule has 2 aromatic rings. The summed E-state index contributed by atoms with van der Waals surface area (Å²) in [5.74, 6) is 0.359. The maximum absolute atomic E-state index is 5.66. The molecule has 0 amide bonds. The highest BCUT2D eigenvalue weighted by Crippen LogP contribution is 2.29. The summed E-state index contributed by atoms with van der Waals surface area (Å²) in [6.45, 7) is 4.88. The highest BCUT2D eigenvalue weighted by atomic mass is 16.3. The van der Waals surface area contributed by atoms with Crippen LogP contribution in [0.4, 0.5) is 0 Å². The molecule has 2 nitrogen and oxygen atoms in total. The summed E-state index contributed by atoms with van der Waals surface area (Å²) >= 11 is 0. The number of aryl methyl sites for hydroxylation is 1. The third-order valence-corrected chi connectivity index (χ3v) is 2.72. The van der Waals surface area contributed by atoms with Crippen LogP contribution in [0.15, 0.2) is 28.9 Å². The molecule has 1 unspecified atom stereocenters. The van der Waals surface area contributed by atoms with E-state index < -0.39 is 0 Å². The molecule has 0 aliphatic heterocycles. The van der Waals surface area contributed by atoms with Crippen molar-refractivity contribution in [3.63, 3.8) is 0 Å². The number of nitrogens with two attached hydrogens (primary N) is 1. The average molecular weight is 189 g/mol. The SMILES string of the molecule is Cc1cccc2occ(C(C)CN)c12. The smallest absolute Gasteiger partial charge is 0.134 e. The lowest BCUT2D eigenvalue weighted by atomic mass is 9.98. The van der Waals surface area contributed by atoms with Crippen LogP contribution in [0.5, 0.6) is 0 Å². The van der Waals surface area contributed by atoms with Gasteiger partial charge < -0.3 is 10.2 Å². The molecule has 1 aromatic carbocycles. The van der Waals surface area contributed by atoms with Crippen LogP contribution in [0.2, 0.25) is 0 Å². The largest absolute Gasteiger partial charge is 0.464 e. The Labute approximate surface area is 83.7 Å². The fourth-order valence-corrected chi connectivity index (χ4v) is 1.78. The molecular formula is C12H15NO. The van der Waals surface area contributed by atoms with E-state index in [0.717, 1.165) is 5.58 Å². The first-order valence-corrected chi connectivity index (χ1v) is 4.91. The van der Waals surface area contributed by atoms with Crippen molar-refractivity contribution in [3.05, 3.63) is 35.6 Å². The van der Waals surface area contributed by atoms with Crippen molar-refractivity contribution >= 4 is 11.0 Å². The van der Waals surface area contributed by atoms with Gasteiger partial charge in [-0.25, -0.2) is 0 Å². The summed E-state index contributed by atoms with van der Waals surface area (Å²) in [5.41, 5.74) is 9.10. The minimum absolute atomic E-state index is 0.359. The fourth-order valence-electron chi connectivity index (χ4n) is 1.78. The number of fused-ring (bicyclic) bond motifs is 1. The van der Waals surface area contributed by atoms with Gasteiger partial charge in [0.25, 0.3) is 0 Å². The average Bonchev–Trinajstić information content (AvgIpc) is 2.62. The van der Waals surface area contributed by atoms with Crippen LogP contribution >= 0.6 is 0 Å². The molecule has 1 atom stereocenters. The van der Waals surface area contributed by atoms with Crippen LogP contribution in [0.3, 0.4) is 0 Å². The lowest BCUT2D eigenvalue weighted by Gasteiger charge is -2.06. The van der Waals surface area contributed by atoms with Gasteiger partial charge >= 0.3 is 0 Å². The van der Waals surface area contributed by atoms with Crippen LogP contribution in [0.25, 0.3) is 11.0 Å². The number of benzene rings is 1. The second kappa shape index (κ2) is 3.46. The summed E-state index contributed by atoms with van der Waals surface area (Å²) in [6, 6.07) is 6.11. The normalized spacial score (nSPS) is 13.4.